The normalized spacial score (nSPS) is 15.4. The number of fused-ring (bicyclic) bond motifs is 2. The zero-order valence-corrected chi connectivity index (χ0v) is 15.2. The van der Waals surface area contributed by atoms with Gasteiger partial charge in [-0.25, -0.2) is 9.78 Å². The van der Waals surface area contributed by atoms with Crippen LogP contribution in [0.2, 0.25) is 0 Å². The minimum absolute atomic E-state index is 0.0980. The van der Waals surface area contributed by atoms with E-state index in [-0.39, 0.29) is 17.4 Å². The number of H-pyrrole nitrogens is 1. The second-order valence-corrected chi connectivity index (χ2v) is 7.19. The molecule has 4 aromatic rings. The van der Waals surface area contributed by atoms with Gasteiger partial charge in [-0.05, 0) is 37.1 Å². The van der Waals surface area contributed by atoms with E-state index in [2.05, 4.69) is 9.97 Å². The summed E-state index contributed by atoms with van der Waals surface area (Å²) >= 11 is 0. The Morgan fingerprint density at radius 3 is 2.64 bits per heavy atom. The maximum Gasteiger partial charge on any atom is 0.349 e. The maximum absolute atomic E-state index is 12.9. The Bertz CT molecular complexity index is 1200. The molecule has 0 radical (unpaired) electrons. The monoisotopic (exact) mass is 373 g/mol. The number of piperidine rings is 1. The summed E-state index contributed by atoms with van der Waals surface area (Å²) in [7, 11) is 0. The number of para-hydroxylation sites is 3. The van der Waals surface area contributed by atoms with Crippen LogP contribution in [-0.4, -0.2) is 33.9 Å². The largest absolute Gasteiger partial charge is 0.422 e. The van der Waals surface area contributed by atoms with Gasteiger partial charge in [-0.1, -0.05) is 30.3 Å². The first-order valence-corrected chi connectivity index (χ1v) is 9.46. The van der Waals surface area contributed by atoms with Crippen molar-refractivity contribution in [2.24, 2.45) is 0 Å². The molecule has 6 heteroatoms. The fourth-order valence-corrected chi connectivity index (χ4v) is 3.90. The topological polar surface area (TPSA) is 79.2 Å². The van der Waals surface area contributed by atoms with Crippen molar-refractivity contribution in [3.63, 3.8) is 0 Å². The second-order valence-electron chi connectivity index (χ2n) is 7.19. The Morgan fingerprint density at radius 1 is 1.07 bits per heavy atom. The molecule has 1 saturated heterocycles. The number of imidazole rings is 1. The second kappa shape index (κ2) is 6.64. The zero-order valence-electron chi connectivity index (χ0n) is 15.2. The molecule has 0 unspecified atom stereocenters. The number of carbonyl (C=O) groups excluding carboxylic acids is 1. The molecule has 1 N–H and O–H groups in total. The van der Waals surface area contributed by atoms with Gasteiger partial charge in [0.1, 0.15) is 17.0 Å². The molecule has 2 aromatic heterocycles. The van der Waals surface area contributed by atoms with Crippen LogP contribution in [0.3, 0.4) is 0 Å². The summed E-state index contributed by atoms with van der Waals surface area (Å²) in [6.45, 7) is 1.18. The van der Waals surface area contributed by atoms with Crippen LogP contribution in [0.15, 0.2) is 63.8 Å². The molecule has 0 spiro atoms. The van der Waals surface area contributed by atoms with Gasteiger partial charge in [-0.15, -0.1) is 0 Å². The third kappa shape index (κ3) is 2.87. The zero-order chi connectivity index (χ0) is 19.1. The Kier molecular flexibility index (Phi) is 3.97. The minimum atomic E-state index is -0.580. The summed E-state index contributed by atoms with van der Waals surface area (Å²) in [4.78, 5) is 35.0. The molecular weight excluding hydrogens is 354 g/mol. The molecule has 0 atom stereocenters. The van der Waals surface area contributed by atoms with Crippen LogP contribution >= 0.6 is 0 Å². The highest BCUT2D eigenvalue weighted by molar-refractivity contribution is 5.96. The van der Waals surface area contributed by atoms with E-state index in [0.29, 0.717) is 18.7 Å². The first-order valence-electron chi connectivity index (χ1n) is 9.46. The number of carbonyl (C=O) groups is 1. The van der Waals surface area contributed by atoms with E-state index >= 15 is 0 Å². The van der Waals surface area contributed by atoms with E-state index in [1.54, 1.807) is 23.1 Å². The lowest BCUT2D eigenvalue weighted by atomic mass is 9.95. The molecule has 5 rings (SSSR count). The van der Waals surface area contributed by atoms with Crippen LogP contribution in [-0.2, 0) is 0 Å². The number of rotatable bonds is 2. The Hall–Kier alpha value is -3.41. The van der Waals surface area contributed by atoms with E-state index in [1.807, 2.05) is 36.4 Å². The molecule has 1 aliphatic rings. The van der Waals surface area contributed by atoms with Gasteiger partial charge in [-0.3, -0.25) is 4.79 Å². The van der Waals surface area contributed by atoms with Crippen LogP contribution in [0.4, 0.5) is 0 Å². The molecule has 140 valence electrons. The summed E-state index contributed by atoms with van der Waals surface area (Å²) in [6, 6.07) is 16.8. The average molecular weight is 373 g/mol. The van der Waals surface area contributed by atoms with Crippen molar-refractivity contribution in [2.45, 2.75) is 18.8 Å². The van der Waals surface area contributed by atoms with Gasteiger partial charge >= 0.3 is 5.63 Å². The molecule has 0 aliphatic carbocycles. The van der Waals surface area contributed by atoms with Crippen molar-refractivity contribution >= 4 is 27.9 Å². The Labute approximate surface area is 160 Å². The maximum atomic E-state index is 12.9. The first kappa shape index (κ1) is 16.7. The number of nitrogens with one attached hydrogen (secondary N) is 1. The number of nitrogens with zero attached hydrogens (tertiary/aromatic N) is 2. The lowest BCUT2D eigenvalue weighted by Gasteiger charge is -2.31. The molecule has 1 fully saturated rings. The SMILES string of the molecule is O=C(c1cc2ccccc2oc1=O)N1CCC(c2nc3ccccc3[nH]2)CC1. The molecule has 2 aromatic carbocycles. The highest BCUT2D eigenvalue weighted by atomic mass is 16.4. The van der Waals surface area contributed by atoms with Crippen LogP contribution in [0.1, 0.15) is 34.9 Å². The van der Waals surface area contributed by atoms with Crippen molar-refractivity contribution in [3.8, 4) is 0 Å². The van der Waals surface area contributed by atoms with Crippen molar-refractivity contribution in [1.82, 2.24) is 14.9 Å². The first-order chi connectivity index (χ1) is 13.7. The van der Waals surface area contributed by atoms with Gasteiger partial charge in [0, 0.05) is 24.4 Å². The van der Waals surface area contributed by atoms with Gasteiger partial charge in [0.15, 0.2) is 0 Å². The van der Waals surface area contributed by atoms with Gasteiger partial charge < -0.3 is 14.3 Å². The van der Waals surface area contributed by atoms with E-state index in [0.717, 1.165) is 35.1 Å². The van der Waals surface area contributed by atoms with Gasteiger partial charge in [0.25, 0.3) is 5.91 Å². The number of likely N-dealkylation sites (tertiary alicyclic amines) is 1. The van der Waals surface area contributed by atoms with Gasteiger partial charge in [0.2, 0.25) is 0 Å². The van der Waals surface area contributed by atoms with Crippen molar-refractivity contribution in [1.29, 1.82) is 0 Å². The predicted molar refractivity (Wildman–Crippen MR) is 106 cm³/mol. The molecule has 1 amide bonds. The van der Waals surface area contributed by atoms with Crippen LogP contribution in [0.25, 0.3) is 22.0 Å². The van der Waals surface area contributed by atoms with E-state index in [4.69, 9.17) is 4.42 Å². The Balaban J connectivity index is 1.34. The quantitative estimate of drug-likeness (QED) is 0.544. The molecule has 3 heterocycles. The van der Waals surface area contributed by atoms with Crippen LogP contribution < -0.4 is 5.63 Å². The lowest BCUT2D eigenvalue weighted by molar-refractivity contribution is 0.0707. The number of amides is 1. The van der Waals surface area contributed by atoms with E-state index < -0.39 is 5.63 Å². The molecule has 0 bridgehead atoms. The Morgan fingerprint density at radius 2 is 1.82 bits per heavy atom. The number of benzene rings is 2. The van der Waals surface area contributed by atoms with Crippen molar-refractivity contribution in [2.75, 3.05) is 13.1 Å². The molecule has 0 saturated carbocycles. The highest BCUT2D eigenvalue weighted by Crippen LogP contribution is 2.28. The third-order valence-corrected chi connectivity index (χ3v) is 5.45. The van der Waals surface area contributed by atoms with Crippen LogP contribution in [0, 0.1) is 0 Å². The summed E-state index contributed by atoms with van der Waals surface area (Å²) in [5, 5.41) is 0.752. The fourth-order valence-electron chi connectivity index (χ4n) is 3.90. The molecule has 1 aliphatic heterocycles. The summed E-state index contributed by atoms with van der Waals surface area (Å²) in [5.74, 6) is 0.991. The van der Waals surface area contributed by atoms with Crippen molar-refractivity contribution < 1.29 is 9.21 Å². The smallest absolute Gasteiger partial charge is 0.349 e. The standard InChI is InChI=1S/C22H19N3O3/c26-21(16-13-15-5-1-4-8-19(15)28-22(16)27)25-11-9-14(10-12-25)20-23-17-6-2-3-7-18(17)24-20/h1-8,13-14H,9-12H2,(H,23,24). The third-order valence-electron chi connectivity index (χ3n) is 5.45. The molecular formula is C22H19N3O3. The number of hydrogen-bond donors (Lipinski definition) is 1. The van der Waals surface area contributed by atoms with Crippen LogP contribution in [0.5, 0.6) is 0 Å². The van der Waals surface area contributed by atoms with Gasteiger partial charge in [0.05, 0.1) is 11.0 Å². The number of aromatic amines is 1. The van der Waals surface area contributed by atoms with E-state index in [1.165, 1.54) is 0 Å². The average Bonchev–Trinajstić information content (AvgIpc) is 3.17. The predicted octanol–water partition coefficient (Wildman–Crippen LogP) is 3.69. The minimum Gasteiger partial charge on any atom is -0.422 e. The number of aromatic nitrogens is 2. The molecule has 28 heavy (non-hydrogen) atoms. The van der Waals surface area contributed by atoms with Gasteiger partial charge in [-0.2, -0.15) is 0 Å². The summed E-state index contributed by atoms with van der Waals surface area (Å²) < 4.78 is 5.31. The number of hydrogen-bond acceptors (Lipinski definition) is 4. The molecule has 6 nitrogen and oxygen atoms in total. The van der Waals surface area contributed by atoms with E-state index in [9.17, 15) is 9.59 Å². The highest BCUT2D eigenvalue weighted by Gasteiger charge is 2.28. The lowest BCUT2D eigenvalue weighted by Crippen LogP contribution is -2.39. The summed E-state index contributed by atoms with van der Waals surface area (Å²) in [5.41, 5.74) is 2.01. The summed E-state index contributed by atoms with van der Waals surface area (Å²) in [6.07, 6.45) is 1.62. The van der Waals surface area contributed by atoms with Crippen molar-refractivity contribution in [3.05, 3.63) is 76.4 Å². The fraction of sp³-hybridized carbons (Fsp3) is 0.227.